The molecule has 1 heterocycles. The molecule has 1 aliphatic carbocycles. The van der Waals surface area contributed by atoms with Gasteiger partial charge in [0.1, 0.15) is 18.1 Å². The summed E-state index contributed by atoms with van der Waals surface area (Å²) in [5.74, 6) is 1.85. The van der Waals surface area contributed by atoms with Crippen LogP contribution < -0.4 is 10.1 Å². The summed E-state index contributed by atoms with van der Waals surface area (Å²) in [6.07, 6.45) is 6.66. The number of nitrogens with one attached hydrogen (secondary N) is 1. The second-order valence-electron chi connectivity index (χ2n) is 5.97. The van der Waals surface area contributed by atoms with Crippen molar-refractivity contribution < 1.29 is 9.84 Å². The van der Waals surface area contributed by atoms with Gasteiger partial charge < -0.3 is 15.2 Å². The molecule has 1 saturated carbocycles. The molecule has 1 aromatic rings. The maximum absolute atomic E-state index is 9.48. The van der Waals surface area contributed by atoms with Gasteiger partial charge in [-0.15, -0.1) is 0 Å². The number of ether oxygens (including phenoxy) is 1. The molecular formula is C16H23NO2. The molecule has 3 rings (SSSR count). The van der Waals surface area contributed by atoms with Crippen molar-refractivity contribution in [2.75, 3.05) is 6.61 Å². The third kappa shape index (κ3) is 2.71. The summed E-state index contributed by atoms with van der Waals surface area (Å²) in [5.41, 5.74) is 1.19. The van der Waals surface area contributed by atoms with E-state index in [4.69, 9.17) is 4.74 Å². The average molecular weight is 261 g/mol. The van der Waals surface area contributed by atoms with Crippen LogP contribution in [-0.4, -0.2) is 17.8 Å². The highest BCUT2D eigenvalue weighted by Gasteiger charge is 2.29. The van der Waals surface area contributed by atoms with Crippen molar-refractivity contribution in [1.82, 2.24) is 5.32 Å². The first-order chi connectivity index (χ1) is 9.24. The van der Waals surface area contributed by atoms with Crippen LogP contribution in [0, 0.1) is 5.92 Å². The van der Waals surface area contributed by atoms with Gasteiger partial charge in [-0.1, -0.05) is 26.2 Å². The van der Waals surface area contributed by atoms with Gasteiger partial charge in [-0.3, -0.25) is 0 Å². The van der Waals surface area contributed by atoms with Crippen LogP contribution in [0.3, 0.4) is 0 Å². The molecule has 0 amide bonds. The molecule has 3 nitrogen and oxygen atoms in total. The van der Waals surface area contributed by atoms with Crippen molar-refractivity contribution in [2.45, 2.75) is 51.1 Å². The molecule has 104 valence electrons. The number of rotatable bonds is 2. The molecule has 2 N–H and O–H groups in total. The van der Waals surface area contributed by atoms with Gasteiger partial charge in [-0.05, 0) is 30.9 Å². The fourth-order valence-corrected chi connectivity index (χ4v) is 3.34. The van der Waals surface area contributed by atoms with E-state index in [-0.39, 0.29) is 11.8 Å². The lowest BCUT2D eigenvalue weighted by Crippen LogP contribution is -2.37. The highest BCUT2D eigenvalue weighted by molar-refractivity contribution is 5.44. The minimum atomic E-state index is 0.279. The van der Waals surface area contributed by atoms with E-state index < -0.39 is 0 Å². The zero-order valence-corrected chi connectivity index (χ0v) is 11.6. The maximum Gasteiger partial charge on any atom is 0.127 e. The Bertz CT molecular complexity index is 446. The molecule has 0 bridgehead atoms. The van der Waals surface area contributed by atoms with E-state index in [1.54, 1.807) is 12.1 Å². The molecule has 0 radical (unpaired) electrons. The molecule has 0 aromatic heterocycles. The number of phenolic OH excluding ortho intramolecular Hbond substituents is 1. The summed E-state index contributed by atoms with van der Waals surface area (Å²) in [6, 6.07) is 6.32. The van der Waals surface area contributed by atoms with Gasteiger partial charge in [-0.2, -0.15) is 0 Å². The van der Waals surface area contributed by atoms with Crippen LogP contribution in [0.4, 0.5) is 0 Å². The summed E-state index contributed by atoms with van der Waals surface area (Å²) >= 11 is 0. The molecule has 3 heteroatoms. The summed E-state index contributed by atoms with van der Waals surface area (Å²) in [4.78, 5) is 0. The number of benzene rings is 1. The molecule has 1 fully saturated rings. The van der Waals surface area contributed by atoms with Gasteiger partial charge in [0.15, 0.2) is 0 Å². The number of aromatic hydroxyl groups is 1. The van der Waals surface area contributed by atoms with Crippen LogP contribution in [0.25, 0.3) is 0 Å². The van der Waals surface area contributed by atoms with Crippen LogP contribution in [0.1, 0.15) is 50.6 Å². The van der Waals surface area contributed by atoms with E-state index in [0.29, 0.717) is 12.6 Å². The van der Waals surface area contributed by atoms with Gasteiger partial charge in [0.25, 0.3) is 0 Å². The fraction of sp³-hybridized carbons (Fsp3) is 0.625. The van der Waals surface area contributed by atoms with Gasteiger partial charge in [0.05, 0.1) is 6.04 Å². The fourth-order valence-electron chi connectivity index (χ4n) is 3.34. The number of hydrogen-bond donors (Lipinski definition) is 2. The molecule has 3 unspecified atom stereocenters. The van der Waals surface area contributed by atoms with Crippen LogP contribution in [-0.2, 0) is 0 Å². The van der Waals surface area contributed by atoms with Crippen molar-refractivity contribution in [3.05, 3.63) is 23.8 Å². The Balaban J connectivity index is 1.71. The molecule has 1 aliphatic heterocycles. The van der Waals surface area contributed by atoms with E-state index in [9.17, 15) is 5.11 Å². The molecule has 3 atom stereocenters. The Morgan fingerprint density at radius 2 is 2.05 bits per heavy atom. The minimum Gasteiger partial charge on any atom is -0.508 e. The van der Waals surface area contributed by atoms with Gasteiger partial charge >= 0.3 is 0 Å². The summed E-state index contributed by atoms with van der Waals surface area (Å²) in [5, 5.41) is 13.3. The van der Waals surface area contributed by atoms with E-state index in [1.807, 2.05) is 6.07 Å². The topological polar surface area (TPSA) is 41.5 Å². The summed E-state index contributed by atoms with van der Waals surface area (Å²) in [7, 11) is 0. The second-order valence-corrected chi connectivity index (χ2v) is 5.97. The van der Waals surface area contributed by atoms with Crippen molar-refractivity contribution in [1.29, 1.82) is 0 Å². The summed E-state index contributed by atoms with van der Waals surface area (Å²) in [6.45, 7) is 3.04. The van der Waals surface area contributed by atoms with Crippen LogP contribution in [0.5, 0.6) is 11.5 Å². The highest BCUT2D eigenvalue weighted by atomic mass is 16.5. The number of hydrogen-bond acceptors (Lipinski definition) is 3. The first-order valence-corrected chi connectivity index (χ1v) is 7.46. The van der Waals surface area contributed by atoms with E-state index >= 15 is 0 Å². The zero-order chi connectivity index (χ0) is 13.2. The first kappa shape index (κ1) is 12.8. The third-order valence-electron chi connectivity index (χ3n) is 4.55. The van der Waals surface area contributed by atoms with Gasteiger partial charge in [0, 0.05) is 17.7 Å². The normalized spacial score (nSPS) is 30.5. The Morgan fingerprint density at radius 3 is 2.95 bits per heavy atom. The van der Waals surface area contributed by atoms with Gasteiger partial charge in [0.2, 0.25) is 0 Å². The second kappa shape index (κ2) is 5.41. The standard InChI is InChI=1S/C16H23NO2/c1-11-5-3-2-4-6-14(11)17-15-10-19-16-9-12(18)7-8-13(15)16/h7-9,11,14-15,17-18H,2-6,10H2,1H3. The van der Waals surface area contributed by atoms with Crippen LogP contribution in [0.15, 0.2) is 18.2 Å². The maximum atomic E-state index is 9.48. The number of fused-ring (bicyclic) bond motifs is 1. The van der Waals surface area contributed by atoms with Crippen LogP contribution >= 0.6 is 0 Å². The molecule has 1 aromatic carbocycles. The average Bonchev–Trinajstić information content (AvgIpc) is 2.67. The van der Waals surface area contributed by atoms with Crippen molar-refractivity contribution in [3.63, 3.8) is 0 Å². The molecule has 0 saturated heterocycles. The third-order valence-corrected chi connectivity index (χ3v) is 4.55. The SMILES string of the molecule is CC1CCCCCC1NC1COc2cc(O)ccc21. The Kier molecular flexibility index (Phi) is 3.65. The smallest absolute Gasteiger partial charge is 0.127 e. The lowest BCUT2D eigenvalue weighted by Gasteiger charge is -2.26. The lowest BCUT2D eigenvalue weighted by molar-refractivity contribution is 0.266. The lowest BCUT2D eigenvalue weighted by atomic mass is 9.95. The monoisotopic (exact) mass is 261 g/mol. The Morgan fingerprint density at radius 1 is 1.21 bits per heavy atom. The highest BCUT2D eigenvalue weighted by Crippen LogP contribution is 2.36. The van der Waals surface area contributed by atoms with Crippen LogP contribution in [0.2, 0.25) is 0 Å². The largest absolute Gasteiger partial charge is 0.508 e. The predicted octanol–water partition coefficient (Wildman–Crippen LogP) is 3.38. The van der Waals surface area contributed by atoms with E-state index in [0.717, 1.165) is 11.7 Å². The summed E-state index contributed by atoms with van der Waals surface area (Å²) < 4.78 is 5.68. The zero-order valence-electron chi connectivity index (χ0n) is 11.6. The Labute approximate surface area is 115 Å². The van der Waals surface area contributed by atoms with E-state index in [1.165, 1.54) is 37.7 Å². The van der Waals surface area contributed by atoms with Crippen molar-refractivity contribution in [2.24, 2.45) is 5.92 Å². The van der Waals surface area contributed by atoms with Gasteiger partial charge in [-0.25, -0.2) is 0 Å². The molecule has 0 spiro atoms. The molecular weight excluding hydrogens is 238 g/mol. The Hall–Kier alpha value is -1.22. The number of phenols is 1. The molecule has 19 heavy (non-hydrogen) atoms. The molecule has 2 aliphatic rings. The van der Waals surface area contributed by atoms with E-state index in [2.05, 4.69) is 12.2 Å². The first-order valence-electron chi connectivity index (χ1n) is 7.46. The quantitative estimate of drug-likeness (QED) is 0.802. The van der Waals surface area contributed by atoms with Crippen molar-refractivity contribution >= 4 is 0 Å². The predicted molar refractivity (Wildman–Crippen MR) is 75.5 cm³/mol. The minimum absolute atomic E-state index is 0.279. The van der Waals surface area contributed by atoms with Crippen molar-refractivity contribution in [3.8, 4) is 11.5 Å².